The number of nitrogens with zero attached hydrogens (tertiary/aromatic N) is 5. The molecule has 1 saturated heterocycles. The summed E-state index contributed by atoms with van der Waals surface area (Å²) in [5, 5.41) is 11.2. The third-order valence-electron chi connectivity index (χ3n) is 5.37. The van der Waals surface area contributed by atoms with E-state index in [0.29, 0.717) is 30.3 Å². The maximum absolute atomic E-state index is 13.2. The molecule has 0 radical (unpaired) electrons. The average molecular weight is 483 g/mol. The smallest absolute Gasteiger partial charge is 0.276 e. The second-order valence-electron chi connectivity index (χ2n) is 7.66. The van der Waals surface area contributed by atoms with Crippen LogP contribution in [-0.2, 0) is 4.79 Å². The number of amides is 2. The topological polar surface area (TPSA) is 93.0 Å². The van der Waals surface area contributed by atoms with Crippen molar-refractivity contribution in [3.63, 3.8) is 0 Å². The quantitative estimate of drug-likeness (QED) is 0.613. The van der Waals surface area contributed by atoms with E-state index in [9.17, 15) is 9.59 Å². The van der Waals surface area contributed by atoms with Gasteiger partial charge >= 0.3 is 0 Å². The Labute approximate surface area is 188 Å². The molecule has 8 nitrogen and oxygen atoms in total. The number of benzene rings is 1. The molecule has 3 aromatic rings. The van der Waals surface area contributed by atoms with Gasteiger partial charge in [0.25, 0.3) is 5.91 Å². The third-order valence-corrected chi connectivity index (χ3v) is 5.86. The van der Waals surface area contributed by atoms with Gasteiger partial charge in [0, 0.05) is 23.3 Å². The van der Waals surface area contributed by atoms with E-state index >= 15 is 0 Å². The molecule has 9 heteroatoms. The van der Waals surface area contributed by atoms with E-state index in [1.165, 1.54) is 0 Å². The van der Waals surface area contributed by atoms with Gasteiger partial charge in [0.15, 0.2) is 5.69 Å². The Kier molecular flexibility index (Phi) is 6.13. The fourth-order valence-corrected chi connectivity index (χ4v) is 4.13. The molecule has 3 heterocycles. The fourth-order valence-electron chi connectivity index (χ4n) is 3.75. The van der Waals surface area contributed by atoms with E-state index in [1.54, 1.807) is 15.6 Å². The van der Waals surface area contributed by atoms with Gasteiger partial charge in [-0.15, -0.1) is 5.10 Å². The number of halogens is 1. The van der Waals surface area contributed by atoms with E-state index in [4.69, 9.17) is 0 Å². The predicted octanol–water partition coefficient (Wildman–Crippen LogP) is 3.53. The van der Waals surface area contributed by atoms with Gasteiger partial charge in [0.05, 0.1) is 17.3 Å². The number of carbonyl (C=O) groups excluding carboxylic acids is 2. The minimum Gasteiger partial charge on any atom is -0.336 e. The molecule has 0 spiro atoms. The summed E-state index contributed by atoms with van der Waals surface area (Å²) < 4.78 is 2.57. The first-order chi connectivity index (χ1) is 14.9. The van der Waals surface area contributed by atoms with Crippen molar-refractivity contribution in [3.8, 4) is 5.69 Å². The lowest BCUT2D eigenvalue weighted by Gasteiger charge is -2.31. The van der Waals surface area contributed by atoms with Crippen LogP contribution in [0.3, 0.4) is 0 Å². The number of pyridine rings is 1. The lowest BCUT2D eigenvalue weighted by atomic mass is 9.96. The van der Waals surface area contributed by atoms with E-state index in [1.807, 2.05) is 50.2 Å². The Morgan fingerprint density at radius 1 is 1.16 bits per heavy atom. The van der Waals surface area contributed by atoms with Crippen molar-refractivity contribution in [2.75, 3.05) is 18.4 Å². The highest BCUT2D eigenvalue weighted by Gasteiger charge is 2.31. The zero-order valence-corrected chi connectivity index (χ0v) is 19.0. The molecule has 1 aromatic carbocycles. The summed E-state index contributed by atoms with van der Waals surface area (Å²) in [7, 11) is 0. The van der Waals surface area contributed by atoms with E-state index in [2.05, 4.69) is 36.5 Å². The average Bonchev–Trinajstić information content (AvgIpc) is 3.14. The molecule has 2 amide bonds. The summed E-state index contributed by atoms with van der Waals surface area (Å²) in [6, 6.07) is 13.1. The lowest BCUT2D eigenvalue weighted by molar-refractivity contribution is -0.121. The number of nitrogens with one attached hydrogen (secondary N) is 1. The van der Waals surface area contributed by atoms with Crippen molar-refractivity contribution in [1.29, 1.82) is 0 Å². The SMILES string of the molecule is Cc1cccc(NC(=O)C2CCCN(C(=O)c3nnn(-c4cccc(Br)c4)c3C)C2)n1. The fraction of sp³-hybridized carbons (Fsp3) is 0.318. The molecule has 0 saturated carbocycles. The Hall–Kier alpha value is -3.07. The molecule has 31 heavy (non-hydrogen) atoms. The zero-order chi connectivity index (χ0) is 22.0. The molecule has 1 aliphatic heterocycles. The van der Waals surface area contributed by atoms with Crippen LogP contribution < -0.4 is 5.32 Å². The first-order valence-electron chi connectivity index (χ1n) is 10.1. The first kappa shape index (κ1) is 21.2. The number of aromatic nitrogens is 4. The highest BCUT2D eigenvalue weighted by molar-refractivity contribution is 9.10. The van der Waals surface area contributed by atoms with Gasteiger partial charge in [-0.1, -0.05) is 33.3 Å². The van der Waals surface area contributed by atoms with E-state index in [0.717, 1.165) is 28.7 Å². The van der Waals surface area contributed by atoms with Crippen molar-refractivity contribution in [1.82, 2.24) is 24.9 Å². The molecular weight excluding hydrogens is 460 g/mol. The van der Waals surface area contributed by atoms with Crippen LogP contribution in [0.15, 0.2) is 46.9 Å². The molecule has 1 atom stereocenters. The van der Waals surface area contributed by atoms with Gasteiger partial charge in [-0.05, 0) is 57.0 Å². The monoisotopic (exact) mass is 482 g/mol. The van der Waals surface area contributed by atoms with Gasteiger partial charge in [-0.25, -0.2) is 9.67 Å². The van der Waals surface area contributed by atoms with E-state index < -0.39 is 0 Å². The Balaban J connectivity index is 1.47. The number of hydrogen-bond acceptors (Lipinski definition) is 5. The van der Waals surface area contributed by atoms with Crippen LogP contribution in [0.5, 0.6) is 0 Å². The molecule has 160 valence electrons. The first-order valence-corrected chi connectivity index (χ1v) is 10.9. The molecule has 1 aliphatic rings. The normalized spacial score (nSPS) is 16.2. The highest BCUT2D eigenvalue weighted by atomic mass is 79.9. The Morgan fingerprint density at radius 3 is 2.74 bits per heavy atom. The second kappa shape index (κ2) is 8.97. The number of likely N-dealkylation sites (tertiary alicyclic amines) is 1. The lowest BCUT2D eigenvalue weighted by Crippen LogP contribution is -2.44. The number of piperidine rings is 1. The summed E-state index contributed by atoms with van der Waals surface area (Å²) in [6.45, 7) is 4.64. The minimum absolute atomic E-state index is 0.120. The van der Waals surface area contributed by atoms with Gasteiger partial charge in [-0.2, -0.15) is 0 Å². The summed E-state index contributed by atoms with van der Waals surface area (Å²) in [5.41, 5.74) is 2.63. The molecule has 0 bridgehead atoms. The van der Waals surface area contributed by atoms with Crippen molar-refractivity contribution >= 4 is 33.6 Å². The van der Waals surface area contributed by atoms with Crippen LogP contribution >= 0.6 is 15.9 Å². The van der Waals surface area contributed by atoms with Gasteiger partial charge in [0.2, 0.25) is 5.91 Å². The summed E-state index contributed by atoms with van der Waals surface area (Å²) in [6.07, 6.45) is 1.48. The number of aryl methyl sites for hydroxylation is 1. The number of hydrogen-bond donors (Lipinski definition) is 1. The Morgan fingerprint density at radius 2 is 1.97 bits per heavy atom. The number of rotatable bonds is 4. The molecule has 4 rings (SSSR count). The standard InChI is InChI=1S/C22H23BrN6O2/c1-14-6-3-10-19(24-14)25-21(30)16-7-5-11-28(13-16)22(31)20-15(2)29(27-26-20)18-9-4-8-17(23)12-18/h3-4,6,8-10,12,16H,5,7,11,13H2,1-2H3,(H,24,25,30). The van der Waals surface area contributed by atoms with Gasteiger partial charge < -0.3 is 10.2 Å². The minimum atomic E-state index is -0.291. The highest BCUT2D eigenvalue weighted by Crippen LogP contribution is 2.22. The van der Waals surface area contributed by atoms with Crippen LogP contribution in [0, 0.1) is 19.8 Å². The molecule has 0 aliphatic carbocycles. The van der Waals surface area contributed by atoms with Gasteiger partial charge in [-0.3, -0.25) is 9.59 Å². The summed E-state index contributed by atoms with van der Waals surface area (Å²) >= 11 is 3.45. The molecule has 1 N–H and O–H groups in total. The summed E-state index contributed by atoms with van der Waals surface area (Å²) in [4.78, 5) is 31.9. The maximum atomic E-state index is 13.2. The second-order valence-corrected chi connectivity index (χ2v) is 8.57. The van der Waals surface area contributed by atoms with Crippen LogP contribution in [0.1, 0.15) is 34.7 Å². The predicted molar refractivity (Wildman–Crippen MR) is 120 cm³/mol. The van der Waals surface area contributed by atoms with Crippen LogP contribution in [0.25, 0.3) is 5.69 Å². The molecular formula is C22H23BrN6O2. The third kappa shape index (κ3) is 4.66. The van der Waals surface area contributed by atoms with Crippen molar-refractivity contribution < 1.29 is 9.59 Å². The molecule has 2 aromatic heterocycles. The van der Waals surface area contributed by atoms with Crippen molar-refractivity contribution in [2.45, 2.75) is 26.7 Å². The van der Waals surface area contributed by atoms with Gasteiger partial charge in [0.1, 0.15) is 5.82 Å². The van der Waals surface area contributed by atoms with Crippen LogP contribution in [0.4, 0.5) is 5.82 Å². The largest absolute Gasteiger partial charge is 0.336 e. The van der Waals surface area contributed by atoms with Crippen LogP contribution in [0.2, 0.25) is 0 Å². The number of carbonyl (C=O) groups is 2. The van der Waals surface area contributed by atoms with Crippen molar-refractivity contribution in [3.05, 3.63) is 64.0 Å². The molecule has 1 fully saturated rings. The Bertz CT molecular complexity index is 1130. The zero-order valence-electron chi connectivity index (χ0n) is 17.4. The van der Waals surface area contributed by atoms with Crippen LogP contribution in [-0.4, -0.2) is 49.8 Å². The maximum Gasteiger partial charge on any atom is 0.276 e. The van der Waals surface area contributed by atoms with E-state index in [-0.39, 0.29) is 17.7 Å². The summed E-state index contributed by atoms with van der Waals surface area (Å²) in [5.74, 6) is -0.0864. The number of anilines is 1. The van der Waals surface area contributed by atoms with Crippen molar-refractivity contribution in [2.24, 2.45) is 5.92 Å². The molecule has 1 unspecified atom stereocenters.